The highest BCUT2D eigenvalue weighted by molar-refractivity contribution is 5.20. The second-order valence-corrected chi connectivity index (χ2v) is 4.59. The van der Waals surface area contributed by atoms with Crippen molar-refractivity contribution in [1.82, 2.24) is 0 Å². The molecule has 0 heterocycles. The Hall–Kier alpha value is -0.300. The summed E-state index contributed by atoms with van der Waals surface area (Å²) >= 11 is 0. The molecule has 0 aromatic heterocycles. The zero-order valence-electron chi connectivity index (χ0n) is 9.05. The SMILES string of the molecule is C=C1CC1C(C)[C@H](C)CCCCN. The molecule has 0 aromatic carbocycles. The summed E-state index contributed by atoms with van der Waals surface area (Å²) in [5, 5.41) is 0. The molecule has 1 fully saturated rings. The molecule has 3 atom stereocenters. The Kier molecular flexibility index (Phi) is 3.98. The number of hydrogen-bond acceptors (Lipinski definition) is 1. The van der Waals surface area contributed by atoms with Crippen molar-refractivity contribution < 1.29 is 0 Å². The number of allylic oxidation sites excluding steroid dienone is 1. The summed E-state index contributed by atoms with van der Waals surface area (Å²) < 4.78 is 0. The van der Waals surface area contributed by atoms with Gasteiger partial charge in [-0.05, 0) is 37.1 Å². The lowest BCUT2D eigenvalue weighted by atomic mass is 9.87. The summed E-state index contributed by atoms with van der Waals surface area (Å²) in [7, 11) is 0. The van der Waals surface area contributed by atoms with E-state index in [0.717, 1.165) is 24.3 Å². The van der Waals surface area contributed by atoms with Crippen LogP contribution >= 0.6 is 0 Å². The summed E-state index contributed by atoms with van der Waals surface area (Å²) in [5.41, 5.74) is 6.94. The van der Waals surface area contributed by atoms with E-state index in [0.29, 0.717) is 0 Å². The zero-order valence-corrected chi connectivity index (χ0v) is 9.05. The molecule has 13 heavy (non-hydrogen) atoms. The maximum absolute atomic E-state index is 5.47. The molecule has 0 aromatic rings. The van der Waals surface area contributed by atoms with Gasteiger partial charge in [0.05, 0.1) is 0 Å². The van der Waals surface area contributed by atoms with Crippen molar-refractivity contribution in [2.24, 2.45) is 23.5 Å². The Labute approximate surface area is 82.4 Å². The summed E-state index contributed by atoms with van der Waals surface area (Å²) in [4.78, 5) is 0. The Morgan fingerprint density at radius 1 is 1.46 bits per heavy atom. The maximum Gasteiger partial charge on any atom is -0.00773 e. The molecule has 2 unspecified atom stereocenters. The first-order chi connectivity index (χ1) is 6.16. The molecule has 1 heteroatoms. The molecule has 76 valence electrons. The van der Waals surface area contributed by atoms with Crippen LogP contribution in [-0.4, -0.2) is 6.54 Å². The van der Waals surface area contributed by atoms with Crippen molar-refractivity contribution in [3.8, 4) is 0 Å². The van der Waals surface area contributed by atoms with Crippen LogP contribution in [0.4, 0.5) is 0 Å². The lowest BCUT2D eigenvalue weighted by molar-refractivity contribution is 0.326. The average molecular weight is 181 g/mol. The highest BCUT2D eigenvalue weighted by Crippen LogP contribution is 2.45. The van der Waals surface area contributed by atoms with Gasteiger partial charge in [0.2, 0.25) is 0 Å². The first kappa shape index (κ1) is 10.8. The molecular weight excluding hydrogens is 158 g/mol. The van der Waals surface area contributed by atoms with Crippen molar-refractivity contribution >= 4 is 0 Å². The molecule has 1 aliphatic rings. The second kappa shape index (κ2) is 4.80. The van der Waals surface area contributed by atoms with Crippen LogP contribution in [0.25, 0.3) is 0 Å². The van der Waals surface area contributed by atoms with Gasteiger partial charge in [-0.2, -0.15) is 0 Å². The largest absolute Gasteiger partial charge is 0.330 e. The van der Waals surface area contributed by atoms with E-state index in [1.54, 1.807) is 0 Å². The van der Waals surface area contributed by atoms with Gasteiger partial charge in [-0.15, -0.1) is 0 Å². The smallest absolute Gasteiger partial charge is 0.00773 e. The van der Waals surface area contributed by atoms with Crippen LogP contribution in [0.15, 0.2) is 12.2 Å². The maximum atomic E-state index is 5.47. The van der Waals surface area contributed by atoms with E-state index in [1.807, 2.05) is 0 Å². The summed E-state index contributed by atoms with van der Waals surface area (Å²) in [6.07, 6.45) is 5.09. The monoisotopic (exact) mass is 181 g/mol. The van der Waals surface area contributed by atoms with Gasteiger partial charge in [0.25, 0.3) is 0 Å². The fourth-order valence-electron chi connectivity index (χ4n) is 2.05. The van der Waals surface area contributed by atoms with Crippen LogP contribution < -0.4 is 5.73 Å². The fraction of sp³-hybridized carbons (Fsp3) is 0.833. The van der Waals surface area contributed by atoms with E-state index in [4.69, 9.17) is 5.73 Å². The summed E-state index contributed by atoms with van der Waals surface area (Å²) in [6.45, 7) is 9.61. The van der Waals surface area contributed by atoms with Gasteiger partial charge in [-0.3, -0.25) is 0 Å². The normalized spacial score (nSPS) is 25.8. The van der Waals surface area contributed by atoms with Gasteiger partial charge in [0.1, 0.15) is 0 Å². The Balaban J connectivity index is 2.14. The first-order valence-electron chi connectivity index (χ1n) is 5.54. The predicted octanol–water partition coefficient (Wildman–Crippen LogP) is 2.96. The van der Waals surface area contributed by atoms with Crippen LogP contribution in [0.1, 0.15) is 39.5 Å². The fourth-order valence-corrected chi connectivity index (χ4v) is 2.05. The molecule has 0 saturated heterocycles. The number of unbranched alkanes of at least 4 members (excludes halogenated alkanes) is 1. The van der Waals surface area contributed by atoms with Crippen LogP contribution in [0.2, 0.25) is 0 Å². The molecule has 0 spiro atoms. The standard InChI is InChI=1S/C12H23N/c1-9(6-4-5-7-13)11(3)12-8-10(12)2/h9,11-12H,2,4-8,13H2,1,3H3/t9-,11?,12?/m1/s1. The van der Waals surface area contributed by atoms with E-state index in [1.165, 1.54) is 31.3 Å². The quantitative estimate of drug-likeness (QED) is 0.495. The molecule has 1 rings (SSSR count). The van der Waals surface area contributed by atoms with Crippen LogP contribution in [-0.2, 0) is 0 Å². The molecule has 0 radical (unpaired) electrons. The van der Waals surface area contributed by atoms with Crippen molar-refractivity contribution in [2.45, 2.75) is 39.5 Å². The molecular formula is C12H23N. The van der Waals surface area contributed by atoms with Crippen molar-refractivity contribution in [3.63, 3.8) is 0 Å². The van der Waals surface area contributed by atoms with Crippen molar-refractivity contribution in [1.29, 1.82) is 0 Å². The molecule has 1 saturated carbocycles. The number of hydrogen-bond donors (Lipinski definition) is 1. The molecule has 1 nitrogen and oxygen atoms in total. The highest BCUT2D eigenvalue weighted by atomic mass is 14.5. The Bertz CT molecular complexity index is 174. The summed E-state index contributed by atoms with van der Waals surface area (Å²) in [6, 6.07) is 0. The van der Waals surface area contributed by atoms with Crippen molar-refractivity contribution in [2.75, 3.05) is 6.54 Å². The van der Waals surface area contributed by atoms with Crippen LogP contribution in [0.5, 0.6) is 0 Å². The van der Waals surface area contributed by atoms with Gasteiger partial charge >= 0.3 is 0 Å². The number of rotatable bonds is 6. The Morgan fingerprint density at radius 2 is 2.08 bits per heavy atom. The molecule has 0 bridgehead atoms. The van der Waals surface area contributed by atoms with E-state index in [9.17, 15) is 0 Å². The minimum Gasteiger partial charge on any atom is -0.330 e. The number of nitrogens with two attached hydrogens (primary N) is 1. The highest BCUT2D eigenvalue weighted by Gasteiger charge is 2.34. The lowest BCUT2D eigenvalue weighted by Gasteiger charge is -2.18. The average Bonchev–Trinajstić information content (AvgIpc) is 2.81. The van der Waals surface area contributed by atoms with E-state index in [-0.39, 0.29) is 0 Å². The molecule has 0 amide bonds. The molecule has 2 N–H and O–H groups in total. The van der Waals surface area contributed by atoms with Gasteiger partial charge in [0, 0.05) is 0 Å². The predicted molar refractivity (Wildman–Crippen MR) is 58.5 cm³/mol. The van der Waals surface area contributed by atoms with E-state index < -0.39 is 0 Å². The van der Waals surface area contributed by atoms with Gasteiger partial charge in [-0.1, -0.05) is 38.8 Å². The Morgan fingerprint density at radius 3 is 2.54 bits per heavy atom. The zero-order chi connectivity index (χ0) is 9.84. The first-order valence-corrected chi connectivity index (χ1v) is 5.54. The topological polar surface area (TPSA) is 26.0 Å². The lowest BCUT2D eigenvalue weighted by Crippen LogP contribution is -2.11. The molecule has 0 aliphatic heterocycles. The third-order valence-corrected chi connectivity index (χ3v) is 3.49. The van der Waals surface area contributed by atoms with E-state index in [2.05, 4.69) is 20.4 Å². The summed E-state index contributed by atoms with van der Waals surface area (Å²) in [5.74, 6) is 2.52. The van der Waals surface area contributed by atoms with Crippen LogP contribution in [0.3, 0.4) is 0 Å². The minimum absolute atomic E-state index is 0.838. The van der Waals surface area contributed by atoms with Gasteiger partial charge in [-0.25, -0.2) is 0 Å². The molecule has 1 aliphatic carbocycles. The van der Waals surface area contributed by atoms with Gasteiger partial charge in [0.15, 0.2) is 0 Å². The third kappa shape index (κ3) is 3.15. The second-order valence-electron chi connectivity index (χ2n) is 4.59. The van der Waals surface area contributed by atoms with E-state index >= 15 is 0 Å². The van der Waals surface area contributed by atoms with Gasteiger partial charge < -0.3 is 5.73 Å². The van der Waals surface area contributed by atoms with Crippen molar-refractivity contribution in [3.05, 3.63) is 12.2 Å². The van der Waals surface area contributed by atoms with Crippen LogP contribution in [0, 0.1) is 17.8 Å². The third-order valence-electron chi connectivity index (χ3n) is 3.49. The minimum atomic E-state index is 0.838.